The highest BCUT2D eigenvalue weighted by Crippen LogP contribution is 2.31. The summed E-state index contributed by atoms with van der Waals surface area (Å²) in [6.07, 6.45) is 2.37. The van der Waals surface area contributed by atoms with Gasteiger partial charge >= 0.3 is 5.97 Å². The van der Waals surface area contributed by atoms with Gasteiger partial charge in [-0.1, -0.05) is 35.3 Å². The van der Waals surface area contributed by atoms with Crippen LogP contribution in [0.25, 0.3) is 27.9 Å². The van der Waals surface area contributed by atoms with Crippen LogP contribution in [-0.2, 0) is 6.42 Å². The van der Waals surface area contributed by atoms with E-state index in [2.05, 4.69) is 22.4 Å². The van der Waals surface area contributed by atoms with E-state index in [9.17, 15) is 9.90 Å². The van der Waals surface area contributed by atoms with E-state index in [4.69, 9.17) is 16.1 Å². The third kappa shape index (κ3) is 3.25. The van der Waals surface area contributed by atoms with E-state index in [-0.39, 0.29) is 5.69 Å². The van der Waals surface area contributed by atoms with Crippen LogP contribution in [0.2, 0.25) is 5.02 Å². The Balaban J connectivity index is 1.83. The number of aromatic carboxylic acids is 1. The number of carboxylic acids is 1. The summed E-state index contributed by atoms with van der Waals surface area (Å²) in [6.45, 7) is 2.05. The van der Waals surface area contributed by atoms with Crippen LogP contribution in [0.1, 0.15) is 35.9 Å². The van der Waals surface area contributed by atoms with Crippen molar-refractivity contribution in [3.05, 3.63) is 58.9 Å². The lowest BCUT2D eigenvalue weighted by Crippen LogP contribution is -2.07. The molecule has 142 valence electrons. The molecule has 0 spiro atoms. The summed E-state index contributed by atoms with van der Waals surface area (Å²) in [6, 6.07) is 12.8. The Labute approximate surface area is 165 Å². The third-order valence-electron chi connectivity index (χ3n) is 4.54. The van der Waals surface area contributed by atoms with Crippen molar-refractivity contribution in [2.45, 2.75) is 26.2 Å². The number of hydrogen-bond donors (Lipinski definition) is 1. The van der Waals surface area contributed by atoms with E-state index in [0.29, 0.717) is 34.1 Å². The second kappa shape index (κ2) is 7.44. The maximum atomic E-state index is 11.5. The smallest absolute Gasteiger partial charge is 0.358 e. The van der Waals surface area contributed by atoms with E-state index in [0.717, 1.165) is 23.8 Å². The zero-order chi connectivity index (χ0) is 19.7. The Morgan fingerprint density at radius 1 is 1.21 bits per heavy atom. The number of hydrogen-bond acceptors (Lipinski definition) is 5. The first-order chi connectivity index (χ1) is 13.6. The first kappa shape index (κ1) is 18.2. The van der Waals surface area contributed by atoms with Gasteiger partial charge in [0.1, 0.15) is 5.52 Å². The molecule has 28 heavy (non-hydrogen) atoms. The molecule has 7 nitrogen and oxygen atoms in total. The van der Waals surface area contributed by atoms with E-state index in [1.54, 1.807) is 16.8 Å². The summed E-state index contributed by atoms with van der Waals surface area (Å²) >= 11 is 5.97. The van der Waals surface area contributed by atoms with Gasteiger partial charge in [-0.2, -0.15) is 0 Å². The minimum atomic E-state index is -1.08. The van der Waals surface area contributed by atoms with Crippen molar-refractivity contribution in [2.75, 3.05) is 0 Å². The van der Waals surface area contributed by atoms with Gasteiger partial charge in [0.05, 0.1) is 16.8 Å². The number of carbonyl (C=O) groups is 1. The normalized spacial score (nSPS) is 11.2. The summed E-state index contributed by atoms with van der Waals surface area (Å²) in [4.78, 5) is 11.5. The fourth-order valence-corrected chi connectivity index (χ4v) is 3.24. The molecule has 4 aromatic rings. The summed E-state index contributed by atoms with van der Waals surface area (Å²) in [7, 11) is 0. The van der Waals surface area contributed by atoms with Crippen molar-refractivity contribution in [3.63, 3.8) is 0 Å². The fourth-order valence-electron chi connectivity index (χ4n) is 3.11. The second-order valence-electron chi connectivity index (χ2n) is 6.43. The highest BCUT2D eigenvalue weighted by Gasteiger charge is 2.20. The SMILES string of the molecule is CCCCc1c(C(=O)O)nnn1-c1ccc2noc(-c3ccc(Cl)cc3)c2c1. The lowest BCUT2D eigenvalue weighted by atomic mass is 10.1. The number of halogens is 1. The van der Waals surface area contributed by atoms with Crippen LogP contribution < -0.4 is 0 Å². The van der Waals surface area contributed by atoms with Gasteiger partial charge in [-0.15, -0.1) is 5.10 Å². The molecule has 4 rings (SSSR count). The summed E-state index contributed by atoms with van der Waals surface area (Å²) in [5.74, 6) is -0.465. The van der Waals surface area contributed by atoms with Crippen LogP contribution in [0.15, 0.2) is 47.0 Å². The van der Waals surface area contributed by atoms with Crippen molar-refractivity contribution in [1.82, 2.24) is 20.2 Å². The minimum absolute atomic E-state index is 0.0169. The molecule has 0 aliphatic heterocycles. The standard InChI is InChI=1S/C20H17ClN4O3/c1-2-3-4-17-18(20(26)27)22-24-25(17)14-9-10-16-15(11-14)19(28-23-16)12-5-7-13(21)8-6-12/h5-11H,2-4H2,1H3,(H,26,27). The quantitative estimate of drug-likeness (QED) is 0.504. The molecule has 2 aromatic carbocycles. The Bertz CT molecular complexity index is 1150. The number of carboxylic acid groups (broad SMARTS) is 1. The lowest BCUT2D eigenvalue weighted by molar-refractivity contribution is 0.0689. The zero-order valence-corrected chi connectivity index (χ0v) is 15.8. The largest absolute Gasteiger partial charge is 0.476 e. The molecular formula is C20H17ClN4O3. The van der Waals surface area contributed by atoms with Gasteiger partial charge in [0.15, 0.2) is 11.5 Å². The second-order valence-corrected chi connectivity index (χ2v) is 6.86. The molecule has 0 saturated heterocycles. The highest BCUT2D eigenvalue weighted by atomic mass is 35.5. The van der Waals surface area contributed by atoms with Crippen molar-refractivity contribution >= 4 is 28.5 Å². The highest BCUT2D eigenvalue weighted by molar-refractivity contribution is 6.30. The van der Waals surface area contributed by atoms with E-state index < -0.39 is 5.97 Å². The third-order valence-corrected chi connectivity index (χ3v) is 4.80. The van der Waals surface area contributed by atoms with Crippen LogP contribution in [0.4, 0.5) is 0 Å². The average molecular weight is 397 g/mol. The number of benzene rings is 2. The molecule has 0 bridgehead atoms. The molecule has 0 amide bonds. The molecule has 1 N–H and O–H groups in total. The number of rotatable bonds is 6. The van der Waals surface area contributed by atoms with Gasteiger partial charge in [0.2, 0.25) is 0 Å². The number of fused-ring (bicyclic) bond motifs is 1. The van der Waals surface area contributed by atoms with Gasteiger partial charge in [-0.05, 0) is 55.3 Å². The summed E-state index contributed by atoms with van der Waals surface area (Å²) in [5, 5.41) is 22.9. The van der Waals surface area contributed by atoms with Crippen LogP contribution in [0.5, 0.6) is 0 Å². The predicted octanol–water partition coefficient (Wildman–Crippen LogP) is 4.77. The predicted molar refractivity (Wildman–Crippen MR) is 105 cm³/mol. The van der Waals surface area contributed by atoms with Gasteiger partial charge in [-0.25, -0.2) is 9.48 Å². The molecule has 0 saturated carbocycles. The minimum Gasteiger partial charge on any atom is -0.476 e. The zero-order valence-electron chi connectivity index (χ0n) is 15.1. The van der Waals surface area contributed by atoms with Gasteiger partial charge in [0, 0.05) is 10.6 Å². The first-order valence-corrected chi connectivity index (χ1v) is 9.30. The molecular weight excluding hydrogens is 380 g/mol. The molecule has 0 aliphatic rings. The summed E-state index contributed by atoms with van der Waals surface area (Å²) < 4.78 is 7.12. The molecule has 0 atom stereocenters. The van der Waals surface area contributed by atoms with Crippen molar-refractivity contribution in [2.24, 2.45) is 0 Å². The Kier molecular flexibility index (Phi) is 4.83. The monoisotopic (exact) mass is 396 g/mol. The molecule has 8 heteroatoms. The Hall–Kier alpha value is -3.19. The Morgan fingerprint density at radius 3 is 2.71 bits per heavy atom. The molecule has 0 radical (unpaired) electrons. The van der Waals surface area contributed by atoms with Crippen molar-refractivity contribution in [1.29, 1.82) is 0 Å². The van der Waals surface area contributed by atoms with Gasteiger partial charge < -0.3 is 9.63 Å². The van der Waals surface area contributed by atoms with E-state index in [1.165, 1.54) is 0 Å². The van der Waals surface area contributed by atoms with E-state index in [1.807, 2.05) is 30.3 Å². The van der Waals surface area contributed by atoms with Crippen LogP contribution in [0.3, 0.4) is 0 Å². The molecule has 0 unspecified atom stereocenters. The lowest BCUT2D eigenvalue weighted by Gasteiger charge is -2.07. The van der Waals surface area contributed by atoms with Crippen molar-refractivity contribution in [3.8, 4) is 17.0 Å². The first-order valence-electron chi connectivity index (χ1n) is 8.92. The average Bonchev–Trinajstić information content (AvgIpc) is 3.30. The van der Waals surface area contributed by atoms with Crippen molar-refractivity contribution < 1.29 is 14.4 Å². The maximum absolute atomic E-state index is 11.5. The topological polar surface area (TPSA) is 94.0 Å². The van der Waals surface area contributed by atoms with Crippen LogP contribution in [-0.4, -0.2) is 31.2 Å². The number of nitrogens with zero attached hydrogens (tertiary/aromatic N) is 4. The van der Waals surface area contributed by atoms with Crippen LogP contribution in [0, 0.1) is 0 Å². The van der Waals surface area contributed by atoms with Gasteiger partial charge in [-0.3, -0.25) is 0 Å². The maximum Gasteiger partial charge on any atom is 0.358 e. The summed E-state index contributed by atoms with van der Waals surface area (Å²) in [5.41, 5.74) is 2.81. The molecule has 2 aromatic heterocycles. The Morgan fingerprint density at radius 2 is 2.00 bits per heavy atom. The van der Waals surface area contributed by atoms with Gasteiger partial charge in [0.25, 0.3) is 0 Å². The fraction of sp³-hybridized carbons (Fsp3) is 0.200. The molecule has 0 fully saturated rings. The number of unbranched alkanes of at least 4 members (excludes halogenated alkanes) is 1. The van der Waals surface area contributed by atoms with Crippen LogP contribution >= 0.6 is 11.6 Å². The molecule has 0 aliphatic carbocycles. The van der Waals surface area contributed by atoms with E-state index >= 15 is 0 Å². The number of aromatic nitrogens is 4. The molecule has 2 heterocycles.